The number of fused-ring (bicyclic) bond motifs is 1. The number of likely N-dealkylation sites (tertiary alicyclic amines) is 1. The van der Waals surface area contributed by atoms with Crippen molar-refractivity contribution < 1.29 is 4.79 Å². The molecular formula is C21H22N4OS. The Balaban J connectivity index is 1.33. The summed E-state index contributed by atoms with van der Waals surface area (Å²) < 4.78 is 1.19. The molecule has 2 saturated heterocycles. The van der Waals surface area contributed by atoms with Crippen LogP contribution in [0.15, 0.2) is 54.6 Å². The number of thiazole rings is 1. The number of carbonyl (C=O) groups is 1. The smallest absolute Gasteiger partial charge is 0.241 e. The minimum Gasteiger partial charge on any atom is -0.332 e. The highest BCUT2D eigenvalue weighted by molar-refractivity contribution is 7.18. The summed E-state index contributed by atoms with van der Waals surface area (Å²) in [7, 11) is 0. The van der Waals surface area contributed by atoms with Gasteiger partial charge in [-0.15, -0.1) is 11.3 Å². The maximum atomic E-state index is 13.2. The van der Waals surface area contributed by atoms with Crippen LogP contribution < -0.4 is 10.9 Å². The van der Waals surface area contributed by atoms with E-state index in [4.69, 9.17) is 4.98 Å². The van der Waals surface area contributed by atoms with Crippen molar-refractivity contribution in [2.24, 2.45) is 0 Å². The summed E-state index contributed by atoms with van der Waals surface area (Å²) in [5.74, 6) is 0.183. The van der Waals surface area contributed by atoms with E-state index in [0.717, 1.165) is 36.3 Å². The van der Waals surface area contributed by atoms with Crippen LogP contribution in [0.3, 0.4) is 0 Å². The first-order chi connectivity index (χ1) is 13.3. The van der Waals surface area contributed by atoms with Gasteiger partial charge in [0.05, 0.1) is 16.3 Å². The lowest BCUT2D eigenvalue weighted by atomic mass is 10.0. The molecule has 0 saturated carbocycles. The summed E-state index contributed by atoms with van der Waals surface area (Å²) in [6.45, 7) is 0.813. The van der Waals surface area contributed by atoms with Gasteiger partial charge in [-0.1, -0.05) is 42.5 Å². The van der Waals surface area contributed by atoms with E-state index in [2.05, 4.69) is 29.1 Å². The van der Waals surface area contributed by atoms with Crippen molar-refractivity contribution in [1.82, 2.24) is 20.7 Å². The van der Waals surface area contributed by atoms with Crippen LogP contribution in [-0.2, 0) is 4.79 Å². The predicted molar refractivity (Wildman–Crippen MR) is 107 cm³/mol. The predicted octanol–water partition coefficient (Wildman–Crippen LogP) is 3.57. The van der Waals surface area contributed by atoms with Crippen molar-refractivity contribution in [1.29, 1.82) is 0 Å². The zero-order valence-electron chi connectivity index (χ0n) is 15.0. The Kier molecular flexibility index (Phi) is 4.39. The average molecular weight is 379 g/mol. The summed E-state index contributed by atoms with van der Waals surface area (Å²) in [4.78, 5) is 20.1. The molecule has 2 fully saturated rings. The second kappa shape index (κ2) is 7.03. The third-order valence-corrected chi connectivity index (χ3v) is 6.67. The monoisotopic (exact) mass is 378 g/mol. The van der Waals surface area contributed by atoms with E-state index in [9.17, 15) is 4.79 Å². The van der Waals surface area contributed by atoms with Crippen molar-refractivity contribution in [2.75, 3.05) is 6.54 Å². The molecule has 3 atom stereocenters. The standard InChI is InChI=1S/C21H22N4OS/c26-21(17-13-16(23-24-17)14-7-2-1-3-8-14)25-12-6-10-18(25)20-22-15-9-4-5-11-19(15)27-20/h1-5,7-9,11,16-18,23-24H,6,10,12-13H2. The molecule has 1 amide bonds. The zero-order valence-corrected chi connectivity index (χ0v) is 15.8. The van der Waals surface area contributed by atoms with Gasteiger partial charge in [0.25, 0.3) is 0 Å². The highest BCUT2D eigenvalue weighted by atomic mass is 32.1. The van der Waals surface area contributed by atoms with Crippen molar-refractivity contribution in [3.05, 3.63) is 65.2 Å². The average Bonchev–Trinajstić information content (AvgIpc) is 3.46. The van der Waals surface area contributed by atoms with E-state index in [1.165, 1.54) is 10.3 Å². The van der Waals surface area contributed by atoms with Crippen LogP contribution in [0.2, 0.25) is 0 Å². The first kappa shape index (κ1) is 16.9. The van der Waals surface area contributed by atoms with Crippen LogP contribution in [0, 0.1) is 0 Å². The summed E-state index contributed by atoms with van der Waals surface area (Å²) in [5, 5.41) is 1.06. The third kappa shape index (κ3) is 3.14. The largest absolute Gasteiger partial charge is 0.332 e. The SMILES string of the molecule is O=C(C1CC(c2ccccc2)NN1)N1CCCC1c1nc2ccccc2s1. The number of hydrogen-bond donors (Lipinski definition) is 2. The van der Waals surface area contributed by atoms with Crippen LogP contribution in [0.5, 0.6) is 0 Å². The van der Waals surface area contributed by atoms with Gasteiger partial charge in [0.15, 0.2) is 0 Å². The van der Waals surface area contributed by atoms with E-state index in [-0.39, 0.29) is 24.0 Å². The molecule has 2 aliphatic heterocycles. The van der Waals surface area contributed by atoms with Crippen molar-refractivity contribution in [3.8, 4) is 0 Å². The van der Waals surface area contributed by atoms with Gasteiger partial charge in [0.1, 0.15) is 11.0 Å². The number of aromatic nitrogens is 1. The molecule has 3 unspecified atom stereocenters. The molecule has 0 spiro atoms. The zero-order chi connectivity index (χ0) is 18.2. The highest BCUT2D eigenvalue weighted by Gasteiger charge is 2.38. The summed E-state index contributed by atoms with van der Waals surface area (Å²) in [5.41, 5.74) is 8.76. The lowest BCUT2D eigenvalue weighted by Gasteiger charge is -2.25. The Morgan fingerprint density at radius 1 is 1.07 bits per heavy atom. The molecule has 2 aliphatic rings. The summed E-state index contributed by atoms with van der Waals surface area (Å²) in [6, 6.07) is 18.6. The number of nitrogens with one attached hydrogen (secondary N) is 2. The van der Waals surface area contributed by atoms with Gasteiger partial charge in [0, 0.05) is 12.6 Å². The summed E-state index contributed by atoms with van der Waals surface area (Å²) >= 11 is 1.71. The molecule has 138 valence electrons. The highest BCUT2D eigenvalue weighted by Crippen LogP contribution is 2.37. The fourth-order valence-electron chi connectivity index (χ4n) is 4.14. The number of benzene rings is 2. The molecule has 27 heavy (non-hydrogen) atoms. The number of carbonyl (C=O) groups excluding carboxylic acids is 1. The van der Waals surface area contributed by atoms with Gasteiger partial charge in [-0.2, -0.15) is 0 Å². The Hall–Kier alpha value is -2.28. The van der Waals surface area contributed by atoms with Gasteiger partial charge in [0.2, 0.25) is 5.91 Å². The maximum absolute atomic E-state index is 13.2. The van der Waals surface area contributed by atoms with Crippen LogP contribution in [0.4, 0.5) is 0 Å². The van der Waals surface area contributed by atoms with Gasteiger partial charge in [-0.25, -0.2) is 15.8 Å². The maximum Gasteiger partial charge on any atom is 0.241 e. The molecule has 1 aromatic heterocycles. The Morgan fingerprint density at radius 3 is 2.74 bits per heavy atom. The van der Waals surface area contributed by atoms with Gasteiger partial charge >= 0.3 is 0 Å². The fraction of sp³-hybridized carbons (Fsp3) is 0.333. The number of nitrogens with zero attached hydrogens (tertiary/aromatic N) is 2. The van der Waals surface area contributed by atoms with Crippen LogP contribution in [0.25, 0.3) is 10.2 Å². The molecule has 0 radical (unpaired) electrons. The van der Waals surface area contributed by atoms with E-state index in [1.54, 1.807) is 11.3 Å². The molecule has 2 N–H and O–H groups in total. The number of hydrogen-bond acceptors (Lipinski definition) is 5. The molecule has 5 rings (SSSR count). The second-order valence-corrected chi connectivity index (χ2v) is 8.31. The van der Waals surface area contributed by atoms with Crippen molar-refractivity contribution in [2.45, 2.75) is 37.4 Å². The quantitative estimate of drug-likeness (QED) is 0.732. The van der Waals surface area contributed by atoms with Crippen molar-refractivity contribution >= 4 is 27.5 Å². The molecule has 0 bridgehead atoms. The first-order valence-electron chi connectivity index (χ1n) is 9.51. The minimum absolute atomic E-state index is 0.104. The Labute approximate surface area is 162 Å². The van der Waals surface area contributed by atoms with E-state index >= 15 is 0 Å². The minimum atomic E-state index is -0.190. The lowest BCUT2D eigenvalue weighted by Crippen LogP contribution is -2.45. The third-order valence-electron chi connectivity index (χ3n) is 5.53. The molecule has 6 heteroatoms. The molecule has 3 aromatic rings. The lowest BCUT2D eigenvalue weighted by molar-refractivity contribution is -0.134. The van der Waals surface area contributed by atoms with E-state index < -0.39 is 0 Å². The Bertz CT molecular complexity index is 924. The number of rotatable bonds is 3. The van der Waals surface area contributed by atoms with Crippen LogP contribution >= 0.6 is 11.3 Å². The first-order valence-corrected chi connectivity index (χ1v) is 10.3. The molecule has 0 aliphatic carbocycles. The molecule has 2 aromatic carbocycles. The fourth-order valence-corrected chi connectivity index (χ4v) is 5.26. The number of para-hydroxylation sites is 1. The van der Waals surface area contributed by atoms with Crippen molar-refractivity contribution in [3.63, 3.8) is 0 Å². The normalized spacial score (nSPS) is 25.3. The number of amides is 1. The van der Waals surface area contributed by atoms with Gasteiger partial charge < -0.3 is 4.90 Å². The van der Waals surface area contributed by atoms with Gasteiger partial charge in [-0.3, -0.25) is 4.79 Å². The topological polar surface area (TPSA) is 57.3 Å². The van der Waals surface area contributed by atoms with Crippen LogP contribution in [-0.4, -0.2) is 28.4 Å². The summed E-state index contributed by atoms with van der Waals surface area (Å²) in [6.07, 6.45) is 2.80. The molecular weight excluding hydrogens is 356 g/mol. The second-order valence-electron chi connectivity index (χ2n) is 7.25. The van der Waals surface area contributed by atoms with E-state index in [0.29, 0.717) is 0 Å². The molecule has 5 nitrogen and oxygen atoms in total. The molecule has 3 heterocycles. The van der Waals surface area contributed by atoms with Gasteiger partial charge in [-0.05, 0) is 37.0 Å². The van der Waals surface area contributed by atoms with E-state index in [1.807, 2.05) is 41.3 Å². The number of hydrazine groups is 1. The Morgan fingerprint density at radius 2 is 1.89 bits per heavy atom. The van der Waals surface area contributed by atoms with Crippen LogP contribution in [0.1, 0.15) is 41.9 Å².